The van der Waals surface area contributed by atoms with Crippen molar-refractivity contribution in [1.29, 1.82) is 0 Å². The van der Waals surface area contributed by atoms with E-state index in [1.165, 1.54) is 0 Å². The molecule has 0 spiro atoms. The first-order valence-corrected chi connectivity index (χ1v) is 10.8. The van der Waals surface area contributed by atoms with E-state index in [-0.39, 0.29) is 11.9 Å². The number of rotatable bonds is 6. The molecule has 4 rings (SSSR count). The molecule has 0 saturated carbocycles. The zero-order valence-corrected chi connectivity index (χ0v) is 19.2. The lowest BCUT2D eigenvalue weighted by Crippen LogP contribution is -2.50. The highest BCUT2D eigenvalue weighted by atomic mass is 16.5. The molecule has 1 aromatic carbocycles. The molecule has 0 bridgehead atoms. The van der Waals surface area contributed by atoms with Gasteiger partial charge in [-0.25, -0.2) is 9.78 Å². The van der Waals surface area contributed by atoms with Crippen molar-refractivity contribution in [3.8, 4) is 22.9 Å². The molecule has 10 heteroatoms. The number of nitrogens with zero attached hydrogens (tertiary/aromatic N) is 5. The minimum absolute atomic E-state index is 0.167. The van der Waals surface area contributed by atoms with E-state index in [0.717, 1.165) is 11.4 Å². The Morgan fingerprint density at radius 3 is 2.48 bits per heavy atom. The van der Waals surface area contributed by atoms with Gasteiger partial charge in [-0.2, -0.15) is 4.98 Å². The smallest absolute Gasteiger partial charge is 0.322 e. The fourth-order valence-corrected chi connectivity index (χ4v) is 3.53. The molecule has 0 atom stereocenters. The van der Waals surface area contributed by atoms with Crippen LogP contribution in [0.3, 0.4) is 0 Å². The lowest BCUT2D eigenvalue weighted by atomic mass is 10.2. The van der Waals surface area contributed by atoms with Gasteiger partial charge in [0.15, 0.2) is 0 Å². The Balaban J connectivity index is 1.34. The summed E-state index contributed by atoms with van der Waals surface area (Å²) in [5.74, 6) is 3.38. The lowest BCUT2D eigenvalue weighted by molar-refractivity contribution is 0.208. The molecule has 1 aliphatic rings. The van der Waals surface area contributed by atoms with E-state index >= 15 is 0 Å². The van der Waals surface area contributed by atoms with E-state index in [2.05, 4.69) is 25.3 Å². The van der Waals surface area contributed by atoms with Gasteiger partial charge in [0, 0.05) is 49.9 Å². The molecule has 2 amide bonds. The Labute approximate surface area is 192 Å². The van der Waals surface area contributed by atoms with Gasteiger partial charge in [-0.3, -0.25) is 0 Å². The van der Waals surface area contributed by atoms with Gasteiger partial charge < -0.3 is 29.1 Å². The zero-order chi connectivity index (χ0) is 23.4. The molecule has 174 valence electrons. The summed E-state index contributed by atoms with van der Waals surface area (Å²) in [5, 5.41) is 6.95. The van der Waals surface area contributed by atoms with Crippen molar-refractivity contribution in [2.24, 2.45) is 0 Å². The topological polar surface area (TPSA) is 106 Å². The number of piperazine rings is 1. The number of aromatic nitrogens is 3. The molecular formula is C23H28N6O4. The van der Waals surface area contributed by atoms with Crippen molar-refractivity contribution in [2.45, 2.75) is 19.8 Å². The number of amides is 2. The van der Waals surface area contributed by atoms with Crippen LogP contribution in [0.5, 0.6) is 11.5 Å². The van der Waals surface area contributed by atoms with Gasteiger partial charge in [0.1, 0.15) is 17.3 Å². The van der Waals surface area contributed by atoms with Crippen molar-refractivity contribution < 1.29 is 18.8 Å². The number of benzene rings is 1. The minimum Gasteiger partial charge on any atom is -0.497 e. The van der Waals surface area contributed by atoms with Crippen LogP contribution in [-0.4, -0.2) is 66.5 Å². The van der Waals surface area contributed by atoms with Crippen molar-refractivity contribution >= 4 is 17.5 Å². The Bertz CT molecular complexity index is 1090. The Morgan fingerprint density at radius 2 is 1.88 bits per heavy atom. The van der Waals surface area contributed by atoms with Gasteiger partial charge in [0.05, 0.1) is 19.9 Å². The highest BCUT2D eigenvalue weighted by Crippen LogP contribution is 2.29. The average molecular weight is 453 g/mol. The molecule has 33 heavy (non-hydrogen) atoms. The van der Waals surface area contributed by atoms with E-state index in [9.17, 15) is 4.79 Å². The maximum absolute atomic E-state index is 12.8. The van der Waals surface area contributed by atoms with Crippen LogP contribution in [0.1, 0.15) is 25.7 Å². The van der Waals surface area contributed by atoms with E-state index in [1.807, 2.05) is 26.0 Å². The molecule has 1 N–H and O–H groups in total. The summed E-state index contributed by atoms with van der Waals surface area (Å²) in [6, 6.07) is 9.00. The molecule has 2 aromatic heterocycles. The zero-order valence-electron chi connectivity index (χ0n) is 19.2. The number of urea groups is 1. The van der Waals surface area contributed by atoms with Crippen LogP contribution in [0.4, 0.5) is 16.3 Å². The van der Waals surface area contributed by atoms with Crippen molar-refractivity contribution in [1.82, 2.24) is 20.0 Å². The lowest BCUT2D eigenvalue weighted by Gasteiger charge is -2.35. The van der Waals surface area contributed by atoms with Gasteiger partial charge >= 0.3 is 6.03 Å². The van der Waals surface area contributed by atoms with Crippen molar-refractivity contribution in [2.75, 3.05) is 50.6 Å². The second kappa shape index (κ2) is 9.76. The van der Waals surface area contributed by atoms with Crippen molar-refractivity contribution in [3.05, 3.63) is 42.4 Å². The fourth-order valence-electron chi connectivity index (χ4n) is 3.53. The molecule has 0 unspecified atom stereocenters. The number of methoxy groups -OCH3 is 2. The SMILES string of the molecule is COc1ccc(NC(=O)N2CCN(c3ccc(-c4noc(C(C)C)n4)cn3)CC2)c(OC)c1. The molecule has 3 heterocycles. The van der Waals surface area contributed by atoms with Crippen LogP contribution < -0.4 is 19.7 Å². The average Bonchev–Trinajstić information content (AvgIpc) is 3.35. The monoisotopic (exact) mass is 452 g/mol. The summed E-state index contributed by atoms with van der Waals surface area (Å²) >= 11 is 0. The van der Waals surface area contributed by atoms with Crippen LogP contribution in [0.25, 0.3) is 11.4 Å². The van der Waals surface area contributed by atoms with E-state index in [1.54, 1.807) is 43.5 Å². The number of anilines is 2. The number of pyridine rings is 1. The molecule has 1 saturated heterocycles. The predicted molar refractivity (Wildman–Crippen MR) is 124 cm³/mol. The molecule has 10 nitrogen and oxygen atoms in total. The van der Waals surface area contributed by atoms with Gasteiger partial charge in [0.2, 0.25) is 11.7 Å². The largest absolute Gasteiger partial charge is 0.497 e. The molecule has 1 fully saturated rings. The summed E-state index contributed by atoms with van der Waals surface area (Å²) in [4.78, 5) is 25.7. The third-order valence-corrected chi connectivity index (χ3v) is 5.48. The van der Waals surface area contributed by atoms with Crippen LogP contribution in [-0.2, 0) is 0 Å². The van der Waals surface area contributed by atoms with Crippen LogP contribution >= 0.6 is 0 Å². The second-order valence-electron chi connectivity index (χ2n) is 7.99. The minimum atomic E-state index is -0.167. The summed E-state index contributed by atoms with van der Waals surface area (Å²) in [7, 11) is 3.15. The number of ether oxygens (including phenoxy) is 2. The summed E-state index contributed by atoms with van der Waals surface area (Å²) in [6.45, 7) is 6.53. The molecule has 3 aromatic rings. The maximum atomic E-state index is 12.8. The molecule has 0 radical (unpaired) electrons. The standard InChI is InChI=1S/C23H28N6O4/c1-15(2)22-26-21(27-33-22)16-5-8-20(24-14-16)28-9-11-29(12-10-28)23(30)25-18-7-6-17(31-3)13-19(18)32-4/h5-8,13-15H,9-12H2,1-4H3,(H,25,30). The Kier molecular flexibility index (Phi) is 6.62. The van der Waals surface area contributed by atoms with Gasteiger partial charge in [-0.1, -0.05) is 19.0 Å². The maximum Gasteiger partial charge on any atom is 0.322 e. The normalized spacial score (nSPS) is 13.8. The quantitative estimate of drug-likeness (QED) is 0.604. The third kappa shape index (κ3) is 5.00. The number of hydrogen-bond acceptors (Lipinski definition) is 8. The third-order valence-electron chi connectivity index (χ3n) is 5.48. The van der Waals surface area contributed by atoms with Gasteiger partial charge in [0.25, 0.3) is 0 Å². The Morgan fingerprint density at radius 1 is 1.09 bits per heavy atom. The number of nitrogens with one attached hydrogen (secondary N) is 1. The summed E-state index contributed by atoms with van der Waals surface area (Å²) in [5.41, 5.74) is 1.41. The highest BCUT2D eigenvalue weighted by molar-refractivity contribution is 5.91. The van der Waals surface area contributed by atoms with Gasteiger partial charge in [-0.15, -0.1) is 0 Å². The summed E-state index contributed by atoms with van der Waals surface area (Å²) in [6.07, 6.45) is 1.75. The van der Waals surface area contributed by atoms with Crippen molar-refractivity contribution in [3.63, 3.8) is 0 Å². The van der Waals surface area contributed by atoms with E-state index < -0.39 is 0 Å². The predicted octanol–water partition coefficient (Wildman–Crippen LogP) is 3.63. The fraction of sp³-hybridized carbons (Fsp3) is 0.391. The first-order chi connectivity index (χ1) is 16.0. The van der Waals surface area contributed by atoms with Crippen LogP contribution in [0.15, 0.2) is 41.1 Å². The van der Waals surface area contributed by atoms with E-state index in [4.69, 9.17) is 14.0 Å². The van der Waals surface area contributed by atoms with Crippen LogP contribution in [0.2, 0.25) is 0 Å². The van der Waals surface area contributed by atoms with Gasteiger partial charge in [-0.05, 0) is 24.3 Å². The molecule has 0 aliphatic carbocycles. The molecule has 1 aliphatic heterocycles. The first-order valence-electron chi connectivity index (χ1n) is 10.8. The van der Waals surface area contributed by atoms with Crippen LogP contribution in [0, 0.1) is 0 Å². The number of hydrogen-bond donors (Lipinski definition) is 1. The Hall–Kier alpha value is -3.82. The first kappa shape index (κ1) is 22.4. The second-order valence-corrected chi connectivity index (χ2v) is 7.99. The highest BCUT2D eigenvalue weighted by Gasteiger charge is 2.23. The summed E-state index contributed by atoms with van der Waals surface area (Å²) < 4.78 is 15.8. The molecular weight excluding hydrogens is 424 g/mol. The van der Waals surface area contributed by atoms with E-state index in [0.29, 0.717) is 55.1 Å². The number of carbonyl (C=O) groups is 1. The number of carbonyl (C=O) groups excluding carboxylic acids is 1.